The summed E-state index contributed by atoms with van der Waals surface area (Å²) in [7, 11) is 0. The molecule has 1 rings (SSSR count). The van der Waals surface area contributed by atoms with Crippen LogP contribution in [0.15, 0.2) is 12.1 Å². The second kappa shape index (κ2) is 5.63. The van der Waals surface area contributed by atoms with E-state index in [1.165, 1.54) is 6.07 Å². The van der Waals surface area contributed by atoms with E-state index in [1.807, 2.05) is 6.92 Å². The highest BCUT2D eigenvalue weighted by Crippen LogP contribution is 2.27. The van der Waals surface area contributed by atoms with E-state index in [4.69, 9.17) is 4.74 Å². The van der Waals surface area contributed by atoms with Crippen molar-refractivity contribution in [3.05, 3.63) is 33.4 Å². The molecule has 0 radical (unpaired) electrons. The Bertz CT molecular complexity index is 417. The third-order valence-corrected chi connectivity index (χ3v) is 2.59. The predicted molar refractivity (Wildman–Crippen MR) is 64.4 cm³/mol. The minimum Gasteiger partial charge on any atom is -0.491 e. The topological polar surface area (TPSA) is 72.6 Å². The van der Waals surface area contributed by atoms with E-state index < -0.39 is 11.0 Å². The summed E-state index contributed by atoms with van der Waals surface area (Å²) in [5.41, 5.74) is 1.35. The van der Waals surface area contributed by atoms with Crippen LogP contribution in [0.5, 0.6) is 5.75 Å². The molecule has 0 aromatic heterocycles. The van der Waals surface area contributed by atoms with Crippen molar-refractivity contribution in [1.82, 2.24) is 0 Å². The summed E-state index contributed by atoms with van der Waals surface area (Å²) >= 11 is 0. The second-order valence-corrected chi connectivity index (χ2v) is 4.03. The molecule has 17 heavy (non-hydrogen) atoms. The summed E-state index contributed by atoms with van der Waals surface area (Å²) in [6.45, 7) is 5.48. The Labute approximate surface area is 100 Å². The van der Waals surface area contributed by atoms with Gasteiger partial charge in [-0.25, -0.2) is 0 Å². The number of hydrogen-bond acceptors (Lipinski definition) is 4. The highest BCUT2D eigenvalue weighted by molar-refractivity contribution is 5.49. The van der Waals surface area contributed by atoms with Gasteiger partial charge in [-0.1, -0.05) is 6.92 Å². The number of ether oxygens (including phenoxy) is 1. The van der Waals surface area contributed by atoms with E-state index in [0.29, 0.717) is 23.3 Å². The molecule has 0 aliphatic heterocycles. The lowest BCUT2D eigenvalue weighted by atomic mass is 10.1. The van der Waals surface area contributed by atoms with Crippen LogP contribution in [0.25, 0.3) is 0 Å². The molecule has 1 aromatic carbocycles. The summed E-state index contributed by atoms with van der Waals surface area (Å²) in [6.07, 6.45) is 0.107. The Hall–Kier alpha value is -1.62. The third kappa shape index (κ3) is 3.42. The first-order valence-electron chi connectivity index (χ1n) is 5.52. The highest BCUT2D eigenvalue weighted by atomic mass is 16.6. The van der Waals surface area contributed by atoms with E-state index in [1.54, 1.807) is 19.9 Å². The van der Waals surface area contributed by atoms with Crippen LogP contribution >= 0.6 is 0 Å². The summed E-state index contributed by atoms with van der Waals surface area (Å²) in [5, 5.41) is 20.1. The van der Waals surface area contributed by atoms with Gasteiger partial charge < -0.3 is 9.84 Å². The van der Waals surface area contributed by atoms with Crippen LogP contribution in [0.1, 0.15) is 24.5 Å². The number of benzene rings is 1. The summed E-state index contributed by atoms with van der Waals surface area (Å²) in [5.74, 6) is 0.584. The van der Waals surface area contributed by atoms with Gasteiger partial charge in [0, 0.05) is 11.6 Å². The molecule has 0 aliphatic carbocycles. The average Bonchev–Trinajstić information content (AvgIpc) is 2.28. The van der Waals surface area contributed by atoms with Crippen LogP contribution in [0, 0.1) is 24.0 Å². The Kier molecular flexibility index (Phi) is 4.45. The number of nitro benzene ring substituents is 1. The fourth-order valence-corrected chi connectivity index (χ4v) is 1.43. The smallest absolute Gasteiger partial charge is 0.272 e. The highest BCUT2D eigenvalue weighted by Gasteiger charge is 2.14. The van der Waals surface area contributed by atoms with E-state index >= 15 is 0 Å². The number of aliphatic hydroxyl groups excluding tert-OH is 1. The van der Waals surface area contributed by atoms with Gasteiger partial charge in [0.15, 0.2) is 0 Å². The number of aliphatic hydroxyl groups is 1. The molecular formula is C12H17NO4. The van der Waals surface area contributed by atoms with E-state index in [9.17, 15) is 15.2 Å². The van der Waals surface area contributed by atoms with Crippen molar-refractivity contribution in [1.29, 1.82) is 0 Å². The first kappa shape index (κ1) is 13.4. The van der Waals surface area contributed by atoms with Gasteiger partial charge in [0.1, 0.15) is 12.4 Å². The molecule has 0 saturated heterocycles. The minimum atomic E-state index is -0.509. The summed E-state index contributed by atoms with van der Waals surface area (Å²) < 4.78 is 5.43. The fraction of sp³-hybridized carbons (Fsp3) is 0.500. The second-order valence-electron chi connectivity index (χ2n) is 4.03. The van der Waals surface area contributed by atoms with Crippen molar-refractivity contribution in [2.75, 3.05) is 6.61 Å². The summed E-state index contributed by atoms with van der Waals surface area (Å²) in [6, 6.07) is 3.12. The quantitative estimate of drug-likeness (QED) is 0.632. The molecule has 0 amide bonds. The van der Waals surface area contributed by atoms with Crippen molar-refractivity contribution in [3.63, 3.8) is 0 Å². The van der Waals surface area contributed by atoms with Gasteiger partial charge in [0.25, 0.3) is 5.69 Å². The molecule has 5 heteroatoms. The number of aryl methyl sites for hydroxylation is 2. The van der Waals surface area contributed by atoms with Gasteiger partial charge in [-0.05, 0) is 31.9 Å². The van der Waals surface area contributed by atoms with Crippen LogP contribution < -0.4 is 4.74 Å². The molecule has 0 bridgehead atoms. The maximum absolute atomic E-state index is 10.7. The van der Waals surface area contributed by atoms with Gasteiger partial charge in [0.2, 0.25) is 0 Å². The Morgan fingerprint density at radius 2 is 2.06 bits per heavy atom. The minimum absolute atomic E-state index is 0.0888. The molecule has 5 nitrogen and oxygen atoms in total. The van der Waals surface area contributed by atoms with Gasteiger partial charge in [0.05, 0.1) is 11.0 Å². The zero-order chi connectivity index (χ0) is 13.0. The zero-order valence-corrected chi connectivity index (χ0v) is 10.3. The lowest BCUT2D eigenvalue weighted by Crippen LogP contribution is -2.16. The van der Waals surface area contributed by atoms with Crippen molar-refractivity contribution in [3.8, 4) is 5.75 Å². The van der Waals surface area contributed by atoms with Gasteiger partial charge >= 0.3 is 0 Å². The largest absolute Gasteiger partial charge is 0.491 e. The molecule has 1 aromatic rings. The molecule has 0 heterocycles. The molecule has 0 aliphatic rings. The molecule has 0 spiro atoms. The first-order valence-corrected chi connectivity index (χ1v) is 5.52. The van der Waals surface area contributed by atoms with Crippen LogP contribution in [-0.2, 0) is 0 Å². The first-order chi connectivity index (χ1) is 7.95. The summed E-state index contributed by atoms with van der Waals surface area (Å²) in [4.78, 5) is 10.3. The lowest BCUT2D eigenvalue weighted by Gasteiger charge is -2.13. The van der Waals surface area contributed by atoms with Crippen molar-refractivity contribution in [2.24, 2.45) is 0 Å². The SMILES string of the molecule is CC[C@H](O)COc1cc(C)c([N+](=O)[O-])cc1C. The maximum Gasteiger partial charge on any atom is 0.272 e. The zero-order valence-electron chi connectivity index (χ0n) is 10.3. The van der Waals surface area contributed by atoms with Gasteiger partial charge in [-0.3, -0.25) is 10.1 Å². The molecule has 0 fully saturated rings. The number of nitrogens with zero attached hydrogens (tertiary/aromatic N) is 1. The monoisotopic (exact) mass is 239 g/mol. The average molecular weight is 239 g/mol. The molecule has 1 atom stereocenters. The fourth-order valence-electron chi connectivity index (χ4n) is 1.43. The Morgan fingerprint density at radius 1 is 1.41 bits per heavy atom. The number of rotatable bonds is 5. The lowest BCUT2D eigenvalue weighted by molar-refractivity contribution is -0.385. The van der Waals surface area contributed by atoms with E-state index in [0.717, 1.165) is 0 Å². The molecule has 0 unspecified atom stereocenters. The van der Waals surface area contributed by atoms with Crippen molar-refractivity contribution < 1.29 is 14.8 Å². The van der Waals surface area contributed by atoms with Crippen LogP contribution in [-0.4, -0.2) is 22.7 Å². The number of hydrogen-bond donors (Lipinski definition) is 1. The maximum atomic E-state index is 10.7. The standard InChI is InChI=1S/C12H17NO4/c1-4-10(14)7-17-12-6-8(2)11(13(15)16)5-9(12)3/h5-6,10,14H,4,7H2,1-3H3/t10-/m0/s1. The third-order valence-electron chi connectivity index (χ3n) is 2.59. The van der Waals surface area contributed by atoms with Gasteiger partial charge in [-0.2, -0.15) is 0 Å². The molecular weight excluding hydrogens is 222 g/mol. The van der Waals surface area contributed by atoms with E-state index in [2.05, 4.69) is 0 Å². The predicted octanol–water partition coefficient (Wildman–Crippen LogP) is 2.36. The number of nitro groups is 1. The van der Waals surface area contributed by atoms with Crippen LogP contribution in [0.2, 0.25) is 0 Å². The molecule has 1 N–H and O–H groups in total. The Morgan fingerprint density at radius 3 is 2.59 bits per heavy atom. The molecule has 0 saturated carbocycles. The van der Waals surface area contributed by atoms with Gasteiger partial charge in [-0.15, -0.1) is 0 Å². The molecule has 94 valence electrons. The van der Waals surface area contributed by atoms with Crippen molar-refractivity contribution in [2.45, 2.75) is 33.3 Å². The van der Waals surface area contributed by atoms with Crippen molar-refractivity contribution >= 4 is 5.69 Å². The van der Waals surface area contributed by atoms with Crippen LogP contribution in [0.3, 0.4) is 0 Å². The van der Waals surface area contributed by atoms with E-state index in [-0.39, 0.29) is 12.3 Å². The normalized spacial score (nSPS) is 12.2. The Balaban J connectivity index is 2.88. The van der Waals surface area contributed by atoms with Crippen LogP contribution in [0.4, 0.5) is 5.69 Å².